The molecule has 2 aromatic rings. The molecule has 0 aliphatic carbocycles. The molecule has 3 nitrogen and oxygen atoms in total. The van der Waals surface area contributed by atoms with Crippen LogP contribution >= 0.6 is 0 Å². The number of carbonyl (C=O) groups is 1. The first-order chi connectivity index (χ1) is 8.18. The smallest absolute Gasteiger partial charge is 0.211 e. The lowest BCUT2D eigenvalue weighted by Crippen LogP contribution is -2.14. The maximum Gasteiger partial charge on any atom is 0.211 e. The quantitative estimate of drug-likeness (QED) is 0.648. The van der Waals surface area contributed by atoms with E-state index < -0.39 is 11.6 Å². The molecule has 1 N–H and O–H groups in total. The Kier molecular flexibility index (Phi) is 3.05. The lowest BCUT2D eigenvalue weighted by Gasteiger charge is -2.02. The predicted molar refractivity (Wildman–Crippen MR) is 61.8 cm³/mol. The van der Waals surface area contributed by atoms with Crippen molar-refractivity contribution < 1.29 is 9.18 Å². The van der Waals surface area contributed by atoms with Gasteiger partial charge in [-0.05, 0) is 36.4 Å². The van der Waals surface area contributed by atoms with Crippen molar-refractivity contribution in [2.45, 2.75) is 0 Å². The maximum atomic E-state index is 12.7. The van der Waals surface area contributed by atoms with Gasteiger partial charge in [0.25, 0.3) is 0 Å². The Labute approximate surface area is 97.5 Å². The summed E-state index contributed by atoms with van der Waals surface area (Å²) in [6.07, 6.45) is 3.03. The number of rotatable bonds is 3. The number of Topliss-reactive ketones (excluding diaryl/α,β-unsaturated/α-hetero) is 1. The highest BCUT2D eigenvalue weighted by molar-refractivity contribution is 6.50. The molecule has 0 unspecified atom stereocenters. The van der Waals surface area contributed by atoms with Crippen LogP contribution in [0.25, 0.3) is 0 Å². The summed E-state index contributed by atoms with van der Waals surface area (Å²) in [7, 11) is 0. The Bertz CT molecular complexity index is 549. The van der Waals surface area contributed by atoms with Crippen LogP contribution < -0.4 is 0 Å². The molecule has 1 heterocycles. The number of halogens is 1. The molecule has 0 saturated heterocycles. The van der Waals surface area contributed by atoms with Gasteiger partial charge in [0.15, 0.2) is 0 Å². The monoisotopic (exact) mass is 228 g/mol. The second-order valence-corrected chi connectivity index (χ2v) is 3.45. The van der Waals surface area contributed by atoms with Crippen molar-refractivity contribution in [3.63, 3.8) is 0 Å². The van der Waals surface area contributed by atoms with E-state index in [0.29, 0.717) is 11.1 Å². The molecule has 0 aliphatic heterocycles. The number of nitrogens with zero attached hydrogens (tertiary/aromatic N) is 1. The fourth-order valence-corrected chi connectivity index (χ4v) is 1.40. The van der Waals surface area contributed by atoms with E-state index >= 15 is 0 Å². The zero-order valence-corrected chi connectivity index (χ0v) is 8.85. The Hall–Kier alpha value is -2.36. The van der Waals surface area contributed by atoms with Gasteiger partial charge in [-0.2, -0.15) is 0 Å². The van der Waals surface area contributed by atoms with E-state index in [0.717, 1.165) is 0 Å². The van der Waals surface area contributed by atoms with Gasteiger partial charge in [0.2, 0.25) is 5.78 Å². The van der Waals surface area contributed by atoms with E-state index in [1.54, 1.807) is 12.1 Å². The van der Waals surface area contributed by atoms with Crippen LogP contribution in [-0.4, -0.2) is 16.5 Å². The average Bonchev–Trinajstić information content (AvgIpc) is 2.39. The van der Waals surface area contributed by atoms with Gasteiger partial charge in [0.1, 0.15) is 11.5 Å². The highest BCUT2D eigenvalue weighted by atomic mass is 19.1. The van der Waals surface area contributed by atoms with Crippen LogP contribution in [0.15, 0.2) is 48.8 Å². The third kappa shape index (κ3) is 2.42. The number of pyridine rings is 1. The summed E-state index contributed by atoms with van der Waals surface area (Å²) in [6, 6.07) is 8.31. The van der Waals surface area contributed by atoms with Crippen molar-refractivity contribution in [3.8, 4) is 0 Å². The topological polar surface area (TPSA) is 53.8 Å². The molecule has 0 bridgehead atoms. The molecule has 0 aliphatic rings. The van der Waals surface area contributed by atoms with Crippen LogP contribution in [0.4, 0.5) is 4.39 Å². The molecule has 17 heavy (non-hydrogen) atoms. The molecule has 2 rings (SSSR count). The standard InChI is InChI=1S/C13H9FN2O/c14-11-3-1-10(2-4-11)13(17)12(15)9-5-7-16-8-6-9/h1-8,15H. The number of ketones is 1. The molecule has 1 aromatic heterocycles. The van der Waals surface area contributed by atoms with Gasteiger partial charge >= 0.3 is 0 Å². The molecular weight excluding hydrogens is 219 g/mol. The van der Waals surface area contributed by atoms with Gasteiger partial charge in [0.05, 0.1) is 0 Å². The molecule has 0 atom stereocenters. The lowest BCUT2D eigenvalue weighted by molar-refractivity contribution is 0.106. The number of carbonyl (C=O) groups excluding carboxylic acids is 1. The molecule has 84 valence electrons. The maximum absolute atomic E-state index is 12.7. The molecular formula is C13H9FN2O. The molecule has 0 saturated carbocycles. The predicted octanol–water partition coefficient (Wildman–Crippen LogP) is 2.47. The molecule has 1 aromatic carbocycles. The van der Waals surface area contributed by atoms with E-state index in [1.165, 1.54) is 36.7 Å². The van der Waals surface area contributed by atoms with Gasteiger partial charge in [0, 0.05) is 23.5 Å². The van der Waals surface area contributed by atoms with E-state index in [2.05, 4.69) is 4.98 Å². The van der Waals surface area contributed by atoms with E-state index in [1.807, 2.05) is 0 Å². The van der Waals surface area contributed by atoms with Crippen molar-refractivity contribution in [2.75, 3.05) is 0 Å². The Morgan fingerprint density at radius 1 is 1.00 bits per heavy atom. The number of benzene rings is 1. The number of hydrogen-bond donors (Lipinski definition) is 1. The van der Waals surface area contributed by atoms with Crippen molar-refractivity contribution in [1.82, 2.24) is 4.98 Å². The van der Waals surface area contributed by atoms with Crippen LogP contribution in [0.1, 0.15) is 15.9 Å². The third-order valence-corrected chi connectivity index (χ3v) is 2.30. The molecule has 0 amide bonds. The summed E-state index contributed by atoms with van der Waals surface area (Å²) in [5.41, 5.74) is 0.668. The molecule has 0 spiro atoms. The first-order valence-corrected chi connectivity index (χ1v) is 4.97. The Morgan fingerprint density at radius 2 is 1.59 bits per heavy atom. The third-order valence-electron chi connectivity index (χ3n) is 2.30. The SMILES string of the molecule is N=C(C(=O)c1ccc(F)cc1)c1ccncc1. The second-order valence-electron chi connectivity index (χ2n) is 3.45. The fraction of sp³-hybridized carbons (Fsp3) is 0. The number of nitrogens with one attached hydrogen (secondary N) is 1. The van der Waals surface area contributed by atoms with Crippen LogP contribution in [0, 0.1) is 11.2 Å². The van der Waals surface area contributed by atoms with Gasteiger partial charge < -0.3 is 0 Å². The minimum absolute atomic E-state index is 0.126. The van der Waals surface area contributed by atoms with E-state index in [4.69, 9.17) is 5.41 Å². The van der Waals surface area contributed by atoms with Crippen LogP contribution in [0.2, 0.25) is 0 Å². The first-order valence-electron chi connectivity index (χ1n) is 4.97. The minimum atomic E-state index is -0.434. The summed E-state index contributed by atoms with van der Waals surface area (Å²) >= 11 is 0. The van der Waals surface area contributed by atoms with Crippen LogP contribution in [0.3, 0.4) is 0 Å². The minimum Gasteiger partial charge on any atom is -0.296 e. The zero-order chi connectivity index (χ0) is 12.3. The summed E-state index contributed by atoms with van der Waals surface area (Å²) in [5, 5.41) is 7.76. The van der Waals surface area contributed by atoms with Gasteiger partial charge in [-0.25, -0.2) is 4.39 Å². The lowest BCUT2D eigenvalue weighted by atomic mass is 10.0. The van der Waals surface area contributed by atoms with Gasteiger partial charge in [-0.15, -0.1) is 0 Å². The van der Waals surface area contributed by atoms with Crippen molar-refractivity contribution >= 4 is 11.5 Å². The highest BCUT2D eigenvalue weighted by Crippen LogP contribution is 2.08. The number of aromatic nitrogens is 1. The van der Waals surface area contributed by atoms with Gasteiger partial charge in [-0.3, -0.25) is 15.2 Å². The molecule has 0 fully saturated rings. The molecule has 0 radical (unpaired) electrons. The first kappa shape index (κ1) is 11.1. The van der Waals surface area contributed by atoms with Crippen molar-refractivity contribution in [1.29, 1.82) is 5.41 Å². The zero-order valence-electron chi connectivity index (χ0n) is 8.85. The van der Waals surface area contributed by atoms with Crippen molar-refractivity contribution in [2.24, 2.45) is 0 Å². The van der Waals surface area contributed by atoms with E-state index in [-0.39, 0.29) is 5.71 Å². The fourth-order valence-electron chi connectivity index (χ4n) is 1.40. The highest BCUT2D eigenvalue weighted by Gasteiger charge is 2.13. The van der Waals surface area contributed by atoms with Crippen LogP contribution in [0.5, 0.6) is 0 Å². The summed E-state index contributed by atoms with van der Waals surface area (Å²) in [6.45, 7) is 0. The largest absolute Gasteiger partial charge is 0.296 e. The molecule has 4 heteroatoms. The summed E-state index contributed by atoms with van der Waals surface area (Å²) in [5.74, 6) is -0.840. The normalized spacial score (nSPS) is 9.94. The second kappa shape index (κ2) is 4.65. The van der Waals surface area contributed by atoms with Crippen LogP contribution in [-0.2, 0) is 0 Å². The Morgan fingerprint density at radius 3 is 2.18 bits per heavy atom. The average molecular weight is 228 g/mol. The summed E-state index contributed by atoms with van der Waals surface area (Å²) in [4.78, 5) is 15.7. The Balaban J connectivity index is 2.27. The van der Waals surface area contributed by atoms with E-state index in [9.17, 15) is 9.18 Å². The van der Waals surface area contributed by atoms with Gasteiger partial charge in [-0.1, -0.05) is 0 Å². The number of hydrogen-bond acceptors (Lipinski definition) is 3. The summed E-state index contributed by atoms with van der Waals surface area (Å²) < 4.78 is 12.7. The van der Waals surface area contributed by atoms with Crippen molar-refractivity contribution in [3.05, 3.63) is 65.7 Å².